The molecule has 1 unspecified atom stereocenters. The molecule has 0 spiro atoms. The van der Waals surface area contributed by atoms with Gasteiger partial charge in [-0.15, -0.1) is 0 Å². The number of aryl methyl sites for hydroxylation is 1. The monoisotopic (exact) mass is 346 g/mol. The van der Waals surface area contributed by atoms with Gasteiger partial charge in [-0.25, -0.2) is 14.8 Å². The van der Waals surface area contributed by atoms with E-state index in [2.05, 4.69) is 33.0 Å². The highest BCUT2D eigenvalue weighted by molar-refractivity contribution is 14.1. The van der Waals surface area contributed by atoms with Crippen molar-refractivity contribution < 1.29 is 4.39 Å². The molecule has 90 valence electrons. The van der Waals surface area contributed by atoms with Crippen LogP contribution in [0.3, 0.4) is 0 Å². The molecule has 3 N–H and O–H groups in total. The maximum absolute atomic E-state index is 13.1. The zero-order chi connectivity index (χ0) is 12.4. The molecular weight excluding hydrogens is 334 g/mol. The highest BCUT2D eigenvalue weighted by Gasteiger charge is 2.19. The lowest BCUT2D eigenvalue weighted by Gasteiger charge is -2.17. The van der Waals surface area contributed by atoms with Crippen molar-refractivity contribution in [1.29, 1.82) is 0 Å². The van der Waals surface area contributed by atoms with E-state index in [0.717, 1.165) is 15.0 Å². The van der Waals surface area contributed by atoms with Crippen molar-refractivity contribution in [1.82, 2.24) is 15.0 Å². The molecule has 0 saturated carbocycles. The van der Waals surface area contributed by atoms with Crippen molar-refractivity contribution >= 4 is 22.6 Å². The second kappa shape index (κ2) is 5.11. The van der Waals surface area contributed by atoms with Gasteiger partial charge in [-0.3, -0.25) is 5.84 Å². The maximum Gasteiger partial charge on any atom is 0.131 e. The number of aromatic nitrogens is 2. The first kappa shape index (κ1) is 12.5. The molecule has 1 atom stereocenters. The molecule has 0 amide bonds. The van der Waals surface area contributed by atoms with Gasteiger partial charge in [-0.2, -0.15) is 0 Å². The second-order valence-corrected chi connectivity index (χ2v) is 4.82. The predicted octanol–water partition coefficient (Wildman–Crippen LogP) is 1.72. The summed E-state index contributed by atoms with van der Waals surface area (Å²) >= 11 is 2.09. The van der Waals surface area contributed by atoms with Gasteiger partial charge in [0.25, 0.3) is 0 Å². The molecular formula is C11H12FIN4. The normalized spacial score (nSPS) is 12.7. The Labute approximate surface area is 112 Å². The smallest absolute Gasteiger partial charge is 0.131 e. The minimum Gasteiger partial charge on any atom is -0.336 e. The standard InChI is InChI=1S/C11H12FIN4/c1-17-5-4-15-11(17)10(16-14)8-3-2-7(12)6-9(8)13/h2-6,10,16H,14H2,1H3. The Morgan fingerprint density at radius 1 is 1.53 bits per heavy atom. The fourth-order valence-corrected chi connectivity index (χ4v) is 2.48. The van der Waals surface area contributed by atoms with Gasteiger partial charge in [0.05, 0.1) is 0 Å². The lowest BCUT2D eigenvalue weighted by molar-refractivity contribution is 0.573. The van der Waals surface area contributed by atoms with Crippen LogP contribution in [0.25, 0.3) is 0 Å². The highest BCUT2D eigenvalue weighted by atomic mass is 127. The molecule has 1 aromatic heterocycles. The van der Waals surface area contributed by atoms with Crippen molar-refractivity contribution in [2.75, 3.05) is 0 Å². The summed E-state index contributed by atoms with van der Waals surface area (Å²) in [7, 11) is 1.89. The van der Waals surface area contributed by atoms with Gasteiger partial charge in [-0.05, 0) is 40.3 Å². The minimum absolute atomic E-state index is 0.248. The van der Waals surface area contributed by atoms with E-state index < -0.39 is 0 Å². The first-order valence-electron chi connectivity index (χ1n) is 5.01. The van der Waals surface area contributed by atoms with E-state index in [9.17, 15) is 4.39 Å². The molecule has 17 heavy (non-hydrogen) atoms. The van der Waals surface area contributed by atoms with Crippen molar-refractivity contribution in [2.45, 2.75) is 6.04 Å². The van der Waals surface area contributed by atoms with E-state index in [4.69, 9.17) is 5.84 Å². The van der Waals surface area contributed by atoms with E-state index in [0.29, 0.717) is 0 Å². The zero-order valence-corrected chi connectivity index (χ0v) is 11.3. The van der Waals surface area contributed by atoms with Gasteiger partial charge in [0.1, 0.15) is 17.7 Å². The Hall–Kier alpha value is -0.990. The zero-order valence-electron chi connectivity index (χ0n) is 9.19. The number of hydrogen-bond donors (Lipinski definition) is 2. The molecule has 1 aromatic carbocycles. The predicted molar refractivity (Wildman–Crippen MR) is 71.5 cm³/mol. The van der Waals surface area contributed by atoms with Gasteiger partial charge in [0, 0.05) is 23.0 Å². The van der Waals surface area contributed by atoms with Crippen LogP contribution in [0.2, 0.25) is 0 Å². The largest absolute Gasteiger partial charge is 0.336 e. The Kier molecular flexibility index (Phi) is 3.75. The van der Waals surface area contributed by atoms with E-state index in [1.807, 2.05) is 17.8 Å². The van der Waals surface area contributed by atoms with Gasteiger partial charge in [0.2, 0.25) is 0 Å². The average Bonchev–Trinajstić information content (AvgIpc) is 2.69. The van der Waals surface area contributed by atoms with Gasteiger partial charge in [0.15, 0.2) is 0 Å². The Morgan fingerprint density at radius 2 is 2.29 bits per heavy atom. The quantitative estimate of drug-likeness (QED) is 0.506. The molecule has 6 heteroatoms. The first-order chi connectivity index (χ1) is 8.13. The van der Waals surface area contributed by atoms with Gasteiger partial charge < -0.3 is 4.57 Å². The molecule has 4 nitrogen and oxygen atoms in total. The summed E-state index contributed by atoms with van der Waals surface area (Å²) in [5.41, 5.74) is 3.62. The summed E-state index contributed by atoms with van der Waals surface area (Å²) in [4.78, 5) is 4.25. The SMILES string of the molecule is Cn1ccnc1C(NN)c1ccc(F)cc1I. The van der Waals surface area contributed by atoms with Crippen LogP contribution in [0.4, 0.5) is 4.39 Å². The fourth-order valence-electron chi connectivity index (χ4n) is 1.69. The van der Waals surface area contributed by atoms with Crippen LogP contribution in [0.5, 0.6) is 0 Å². The van der Waals surface area contributed by atoms with E-state index >= 15 is 0 Å². The molecule has 2 rings (SSSR count). The average molecular weight is 346 g/mol. The number of nitrogens with zero attached hydrogens (tertiary/aromatic N) is 2. The summed E-state index contributed by atoms with van der Waals surface area (Å²) in [6.45, 7) is 0. The highest BCUT2D eigenvalue weighted by Crippen LogP contribution is 2.25. The third-order valence-corrected chi connectivity index (χ3v) is 3.49. The molecule has 0 fully saturated rings. The summed E-state index contributed by atoms with van der Waals surface area (Å²) in [5.74, 6) is 6.10. The fraction of sp³-hybridized carbons (Fsp3) is 0.182. The lowest BCUT2D eigenvalue weighted by atomic mass is 10.1. The topological polar surface area (TPSA) is 55.9 Å². The summed E-state index contributed by atoms with van der Waals surface area (Å²) in [6.07, 6.45) is 3.55. The number of rotatable bonds is 3. The molecule has 0 aliphatic heterocycles. The number of hydrazine groups is 1. The van der Waals surface area contributed by atoms with Crippen LogP contribution in [0.15, 0.2) is 30.6 Å². The number of nitrogens with two attached hydrogens (primary N) is 1. The van der Waals surface area contributed by atoms with Crippen molar-refractivity contribution in [2.24, 2.45) is 12.9 Å². The summed E-state index contributed by atoms with van der Waals surface area (Å²) in [5, 5.41) is 0. The summed E-state index contributed by atoms with van der Waals surface area (Å²) in [6, 6.07) is 4.37. The first-order valence-corrected chi connectivity index (χ1v) is 6.09. The van der Waals surface area contributed by atoms with Crippen LogP contribution in [-0.4, -0.2) is 9.55 Å². The Morgan fingerprint density at radius 3 is 2.82 bits per heavy atom. The molecule has 0 saturated heterocycles. The number of hydrogen-bond acceptors (Lipinski definition) is 3. The van der Waals surface area contributed by atoms with Crippen molar-refractivity contribution in [3.05, 3.63) is 51.4 Å². The van der Waals surface area contributed by atoms with Crippen LogP contribution < -0.4 is 11.3 Å². The molecule has 0 aliphatic rings. The minimum atomic E-state index is -0.256. The van der Waals surface area contributed by atoms with Crippen molar-refractivity contribution in [3.63, 3.8) is 0 Å². The summed E-state index contributed by atoms with van der Waals surface area (Å²) < 4.78 is 15.8. The molecule has 0 aliphatic carbocycles. The van der Waals surface area contributed by atoms with Crippen LogP contribution in [-0.2, 0) is 7.05 Å². The third kappa shape index (κ3) is 2.48. The van der Waals surface area contributed by atoms with Crippen LogP contribution in [0, 0.1) is 9.39 Å². The molecule has 1 heterocycles. The molecule has 0 bridgehead atoms. The number of imidazole rings is 1. The maximum atomic E-state index is 13.1. The van der Waals surface area contributed by atoms with Crippen LogP contribution in [0.1, 0.15) is 17.4 Å². The van der Waals surface area contributed by atoms with Crippen molar-refractivity contribution in [3.8, 4) is 0 Å². The number of nitrogens with one attached hydrogen (secondary N) is 1. The third-order valence-electron chi connectivity index (χ3n) is 2.56. The molecule has 2 aromatic rings. The Balaban J connectivity index is 2.46. The van der Waals surface area contributed by atoms with E-state index in [1.54, 1.807) is 12.3 Å². The molecule has 0 radical (unpaired) electrons. The lowest BCUT2D eigenvalue weighted by Crippen LogP contribution is -2.31. The number of halogens is 2. The Bertz CT molecular complexity index is 526. The second-order valence-electron chi connectivity index (χ2n) is 3.66. The van der Waals surface area contributed by atoms with E-state index in [-0.39, 0.29) is 11.9 Å². The van der Waals surface area contributed by atoms with Crippen LogP contribution >= 0.6 is 22.6 Å². The number of benzene rings is 1. The van der Waals surface area contributed by atoms with Gasteiger partial charge >= 0.3 is 0 Å². The van der Waals surface area contributed by atoms with Gasteiger partial charge in [-0.1, -0.05) is 6.07 Å². The van der Waals surface area contributed by atoms with E-state index in [1.165, 1.54) is 12.1 Å².